The van der Waals surface area contributed by atoms with E-state index in [1.54, 1.807) is 6.07 Å². The highest BCUT2D eigenvalue weighted by atomic mass is 32.2. The third kappa shape index (κ3) is 4.48. The second-order valence-electron chi connectivity index (χ2n) is 3.44. The van der Waals surface area contributed by atoms with E-state index in [4.69, 9.17) is 32.8 Å². The van der Waals surface area contributed by atoms with Gasteiger partial charge in [-0.2, -0.15) is 8.42 Å². The van der Waals surface area contributed by atoms with E-state index in [-0.39, 0.29) is 18.4 Å². The predicted molar refractivity (Wildman–Crippen MR) is 68.6 cm³/mol. The predicted octanol–water partition coefficient (Wildman–Crippen LogP) is -1.79. The van der Waals surface area contributed by atoms with Crippen molar-refractivity contribution >= 4 is 44.6 Å². The van der Waals surface area contributed by atoms with E-state index in [0.29, 0.717) is 16.8 Å². The van der Waals surface area contributed by atoms with Crippen molar-refractivity contribution in [2.75, 3.05) is 12.4 Å². The molecule has 0 aliphatic carbocycles. The van der Waals surface area contributed by atoms with E-state index in [9.17, 15) is 8.42 Å². The molecule has 0 amide bonds. The van der Waals surface area contributed by atoms with Crippen LogP contribution in [0, 0.1) is 0 Å². The van der Waals surface area contributed by atoms with Gasteiger partial charge in [0.25, 0.3) is 10.1 Å². The maximum atomic E-state index is 10.5. The first-order valence-corrected chi connectivity index (χ1v) is 6.40. The van der Waals surface area contributed by atoms with Crippen molar-refractivity contribution in [2.45, 2.75) is 6.32 Å². The Hall–Kier alpha value is -0.875. The Labute approximate surface area is 105 Å². The molecular formula is C9H9B3O4S. The highest BCUT2D eigenvalue weighted by Crippen LogP contribution is 2.13. The normalized spacial score (nSPS) is 11.4. The smallest absolute Gasteiger partial charge is 0.268 e. The van der Waals surface area contributed by atoms with Gasteiger partial charge < -0.3 is 4.74 Å². The van der Waals surface area contributed by atoms with Gasteiger partial charge >= 0.3 is 0 Å². The molecular weight excluding hydrogens is 237 g/mol. The maximum absolute atomic E-state index is 10.5. The van der Waals surface area contributed by atoms with Crippen LogP contribution >= 0.6 is 0 Å². The van der Waals surface area contributed by atoms with E-state index in [1.807, 2.05) is 0 Å². The zero-order chi connectivity index (χ0) is 13.1. The van der Waals surface area contributed by atoms with Crippen LogP contribution in [0.2, 0.25) is 0 Å². The number of hydrogen-bond acceptors (Lipinski definition) is 3. The zero-order valence-corrected chi connectivity index (χ0v) is 9.90. The van der Waals surface area contributed by atoms with E-state index < -0.39 is 15.9 Å². The second-order valence-corrected chi connectivity index (χ2v) is 5.01. The van der Waals surface area contributed by atoms with Gasteiger partial charge in [-0.25, -0.2) is 0 Å². The average molecular weight is 246 g/mol. The SMILES string of the molecule is [B]Cc1cc([B])cc([B])c1OCCS(=O)(=O)O. The lowest BCUT2D eigenvalue weighted by atomic mass is 9.81. The molecule has 0 aliphatic rings. The Bertz CT molecular complexity index is 501. The number of hydrogen-bond donors (Lipinski definition) is 1. The van der Waals surface area contributed by atoms with Gasteiger partial charge in [-0.3, -0.25) is 4.55 Å². The monoisotopic (exact) mass is 246 g/mol. The molecule has 0 saturated carbocycles. The molecule has 8 heteroatoms. The number of benzene rings is 1. The summed E-state index contributed by atoms with van der Waals surface area (Å²) in [5.41, 5.74) is 1.31. The van der Waals surface area contributed by atoms with Crippen LogP contribution in [0.15, 0.2) is 12.1 Å². The minimum atomic E-state index is -4.06. The van der Waals surface area contributed by atoms with Crippen molar-refractivity contribution in [1.29, 1.82) is 0 Å². The summed E-state index contributed by atoms with van der Waals surface area (Å²) in [6.07, 6.45) is 0.163. The molecule has 0 heterocycles. The van der Waals surface area contributed by atoms with E-state index in [0.717, 1.165) is 0 Å². The summed E-state index contributed by atoms with van der Waals surface area (Å²) >= 11 is 0. The molecule has 0 aliphatic heterocycles. The molecule has 0 atom stereocenters. The van der Waals surface area contributed by atoms with Gasteiger partial charge in [0.2, 0.25) is 0 Å². The van der Waals surface area contributed by atoms with Crippen molar-refractivity contribution in [3.05, 3.63) is 17.7 Å². The first-order valence-electron chi connectivity index (χ1n) is 4.79. The lowest BCUT2D eigenvalue weighted by molar-refractivity contribution is 0.336. The van der Waals surface area contributed by atoms with Gasteiger partial charge in [-0.15, -0.1) is 0 Å². The standard InChI is InChI=1S/C9H9B3O4S/c10-5-6-3-7(11)4-8(12)9(6)16-1-2-17(13,14)15/h3-4H,1-2,5H2,(H,13,14,15). The minimum Gasteiger partial charge on any atom is -0.493 e. The highest BCUT2D eigenvalue weighted by molar-refractivity contribution is 7.85. The van der Waals surface area contributed by atoms with Crippen molar-refractivity contribution in [3.8, 4) is 5.75 Å². The second kappa shape index (κ2) is 5.64. The molecule has 0 aromatic heterocycles. The van der Waals surface area contributed by atoms with Crippen LogP contribution in [0.5, 0.6) is 5.75 Å². The third-order valence-electron chi connectivity index (χ3n) is 2.02. The summed E-state index contributed by atoms with van der Waals surface area (Å²) in [5, 5.41) is 0. The average Bonchev–Trinajstić information content (AvgIpc) is 2.18. The van der Waals surface area contributed by atoms with Gasteiger partial charge in [0.05, 0.1) is 7.85 Å². The molecule has 6 radical (unpaired) electrons. The van der Waals surface area contributed by atoms with Crippen molar-refractivity contribution in [2.24, 2.45) is 0 Å². The summed E-state index contributed by atoms with van der Waals surface area (Å²) in [7, 11) is 12.7. The summed E-state index contributed by atoms with van der Waals surface area (Å²) in [5.74, 6) is -0.216. The van der Waals surface area contributed by atoms with Crippen molar-refractivity contribution in [1.82, 2.24) is 0 Å². The van der Waals surface area contributed by atoms with Crippen LogP contribution in [0.3, 0.4) is 0 Å². The number of rotatable bonds is 5. The zero-order valence-electron chi connectivity index (χ0n) is 9.09. The summed E-state index contributed by atoms with van der Waals surface area (Å²) < 4.78 is 34.8. The molecule has 0 spiro atoms. The van der Waals surface area contributed by atoms with Gasteiger partial charge in [-0.05, 0) is 5.56 Å². The van der Waals surface area contributed by atoms with Crippen LogP contribution in [0.25, 0.3) is 0 Å². The molecule has 0 saturated heterocycles. The Morgan fingerprint density at radius 3 is 2.47 bits per heavy atom. The van der Waals surface area contributed by atoms with Gasteiger partial charge in [0, 0.05) is 0 Å². The topological polar surface area (TPSA) is 63.6 Å². The van der Waals surface area contributed by atoms with Crippen molar-refractivity contribution in [3.63, 3.8) is 0 Å². The largest absolute Gasteiger partial charge is 0.493 e. The molecule has 1 rings (SSSR count). The first kappa shape index (κ1) is 14.2. The van der Waals surface area contributed by atoms with E-state index >= 15 is 0 Å². The van der Waals surface area contributed by atoms with Crippen LogP contribution in [0.1, 0.15) is 5.56 Å². The van der Waals surface area contributed by atoms with Crippen LogP contribution in [0.4, 0.5) is 0 Å². The van der Waals surface area contributed by atoms with E-state index in [2.05, 4.69) is 0 Å². The fourth-order valence-corrected chi connectivity index (χ4v) is 1.61. The minimum absolute atomic E-state index is 0.163. The lowest BCUT2D eigenvalue weighted by Gasteiger charge is -2.14. The molecule has 1 aromatic rings. The molecule has 84 valence electrons. The quantitative estimate of drug-likeness (QED) is 0.492. The Morgan fingerprint density at radius 2 is 1.94 bits per heavy atom. The summed E-state index contributed by atoms with van der Waals surface area (Å²) in [4.78, 5) is 0. The fourth-order valence-electron chi connectivity index (χ4n) is 1.32. The molecule has 1 aromatic carbocycles. The fraction of sp³-hybridized carbons (Fsp3) is 0.333. The third-order valence-corrected chi connectivity index (χ3v) is 2.71. The lowest BCUT2D eigenvalue weighted by Crippen LogP contribution is -2.22. The summed E-state index contributed by atoms with van der Waals surface area (Å²) in [6.45, 7) is -0.208. The Morgan fingerprint density at radius 1 is 1.29 bits per heavy atom. The maximum Gasteiger partial charge on any atom is 0.268 e. The van der Waals surface area contributed by atoms with Crippen LogP contribution in [-0.4, -0.2) is 48.9 Å². The van der Waals surface area contributed by atoms with Crippen LogP contribution < -0.4 is 15.7 Å². The van der Waals surface area contributed by atoms with Crippen LogP contribution in [-0.2, 0) is 16.4 Å². The van der Waals surface area contributed by atoms with Crippen molar-refractivity contribution < 1.29 is 17.7 Å². The Kier molecular flexibility index (Phi) is 4.71. The number of ether oxygens (including phenoxy) is 1. The van der Waals surface area contributed by atoms with Gasteiger partial charge in [-0.1, -0.05) is 29.4 Å². The molecule has 1 N–H and O–H groups in total. The molecule has 4 nitrogen and oxygen atoms in total. The molecule has 0 bridgehead atoms. The van der Waals surface area contributed by atoms with Gasteiger partial charge in [0.15, 0.2) is 0 Å². The molecule has 17 heavy (non-hydrogen) atoms. The van der Waals surface area contributed by atoms with E-state index in [1.165, 1.54) is 6.07 Å². The Balaban J connectivity index is 2.83. The molecule has 0 unspecified atom stereocenters. The summed E-state index contributed by atoms with van der Waals surface area (Å²) in [6, 6.07) is 3.08. The highest BCUT2D eigenvalue weighted by Gasteiger charge is 2.09. The van der Waals surface area contributed by atoms with Gasteiger partial charge in [0.1, 0.15) is 33.8 Å². The first-order chi connectivity index (χ1) is 7.83. The molecule has 0 fully saturated rings.